The van der Waals surface area contributed by atoms with Crippen molar-refractivity contribution < 1.29 is 28.7 Å². The maximum Gasteiger partial charge on any atom is 0.286 e. The van der Waals surface area contributed by atoms with Gasteiger partial charge in [-0.05, 0) is 84.2 Å². The first-order valence-corrected chi connectivity index (χ1v) is 18.6. The molecule has 10 nitrogen and oxygen atoms in total. The van der Waals surface area contributed by atoms with E-state index in [1.54, 1.807) is 6.20 Å². The molecule has 1 aliphatic heterocycles. The Labute approximate surface area is 300 Å². The van der Waals surface area contributed by atoms with Crippen molar-refractivity contribution in [1.82, 2.24) is 20.2 Å². The molecular formula is C38H40N4O6S2. The van der Waals surface area contributed by atoms with E-state index in [2.05, 4.69) is 28.3 Å². The van der Waals surface area contributed by atoms with E-state index in [-0.39, 0.29) is 23.6 Å². The number of pyridine rings is 2. The van der Waals surface area contributed by atoms with Crippen LogP contribution in [0.5, 0.6) is 11.5 Å². The van der Waals surface area contributed by atoms with Gasteiger partial charge in [0.1, 0.15) is 11.5 Å². The van der Waals surface area contributed by atoms with Gasteiger partial charge in [0.05, 0.1) is 30.3 Å². The first-order valence-electron chi connectivity index (χ1n) is 16.4. The quantitative estimate of drug-likeness (QED) is 0.130. The number of carbonyl (C=O) groups is 4. The van der Waals surface area contributed by atoms with Gasteiger partial charge in [0.25, 0.3) is 5.24 Å². The molecule has 4 amide bonds. The second-order valence-electron chi connectivity index (χ2n) is 11.7. The average Bonchev–Trinajstić information content (AvgIpc) is 3.46. The lowest BCUT2D eigenvalue weighted by atomic mass is 10.1. The van der Waals surface area contributed by atoms with Crippen LogP contribution in [0.15, 0.2) is 85.2 Å². The molecule has 4 aromatic rings. The Balaban J connectivity index is 1.04. The standard InChI is InChI=1S/C38H40N4O6S2/c1-3-26-4-10-30(39-22-26)16-18-47-33-14-8-28(9-15-33)21-35(49-2)37(45)42(25-43)24-29-5-11-31(40-23-29)17-19-48-32-12-6-27(7-13-32)20-34-36(44)41-38(46)50-34/h4-15,22-23,25,34-35H,3,16-21,24H2,1-2H3,(H,41,44,46). The van der Waals surface area contributed by atoms with Gasteiger partial charge in [-0.15, -0.1) is 0 Å². The fraction of sp³-hybridized carbons (Fsp3) is 0.316. The normalized spacial score (nSPS) is 14.6. The number of rotatable bonds is 18. The van der Waals surface area contributed by atoms with E-state index in [1.807, 2.05) is 79.2 Å². The van der Waals surface area contributed by atoms with Crippen LogP contribution >= 0.6 is 23.5 Å². The SMILES string of the molecule is CCc1ccc(CCOc2ccc(CC(SC)C(=O)N(C=O)Cc3ccc(CCOc4ccc(CC5SC(=O)NC5=O)cc4)nc3)cc2)nc1. The number of nitrogens with zero attached hydrogens (tertiary/aromatic N) is 3. The zero-order chi connectivity index (χ0) is 35.3. The zero-order valence-electron chi connectivity index (χ0n) is 28.1. The summed E-state index contributed by atoms with van der Waals surface area (Å²) in [6.45, 7) is 3.17. The van der Waals surface area contributed by atoms with Gasteiger partial charge in [0.2, 0.25) is 18.2 Å². The molecule has 2 aromatic heterocycles. The van der Waals surface area contributed by atoms with Crippen LogP contribution in [0.25, 0.3) is 0 Å². The Morgan fingerprint density at radius 2 is 1.42 bits per heavy atom. The Hall–Kier alpha value is -4.68. The molecule has 0 saturated carbocycles. The summed E-state index contributed by atoms with van der Waals surface area (Å²) >= 11 is 2.43. The molecule has 0 radical (unpaired) electrons. The molecule has 12 heteroatoms. The maximum atomic E-state index is 13.3. The first-order chi connectivity index (χ1) is 24.3. The van der Waals surface area contributed by atoms with Crippen LogP contribution < -0.4 is 14.8 Å². The minimum atomic E-state index is -0.423. The molecule has 0 bridgehead atoms. The summed E-state index contributed by atoms with van der Waals surface area (Å²) in [6, 6.07) is 23.0. The smallest absolute Gasteiger partial charge is 0.286 e. The molecule has 0 spiro atoms. The number of hydrogen-bond donors (Lipinski definition) is 1. The highest BCUT2D eigenvalue weighted by Gasteiger charge is 2.31. The molecule has 50 heavy (non-hydrogen) atoms. The van der Waals surface area contributed by atoms with Crippen LogP contribution in [-0.4, -0.2) is 68.3 Å². The van der Waals surface area contributed by atoms with Gasteiger partial charge in [-0.2, -0.15) is 11.8 Å². The minimum absolute atomic E-state index is 0.132. The van der Waals surface area contributed by atoms with Crippen molar-refractivity contribution in [2.24, 2.45) is 0 Å². The molecule has 1 saturated heterocycles. The van der Waals surface area contributed by atoms with Crippen molar-refractivity contribution in [3.8, 4) is 11.5 Å². The van der Waals surface area contributed by atoms with E-state index in [4.69, 9.17) is 9.47 Å². The highest BCUT2D eigenvalue weighted by molar-refractivity contribution is 8.15. The summed E-state index contributed by atoms with van der Waals surface area (Å²) in [5.74, 6) is 0.941. The van der Waals surface area contributed by atoms with Gasteiger partial charge in [-0.25, -0.2) is 0 Å². The fourth-order valence-electron chi connectivity index (χ4n) is 5.28. The van der Waals surface area contributed by atoms with Crippen LogP contribution in [0.3, 0.4) is 0 Å². The van der Waals surface area contributed by atoms with Crippen molar-refractivity contribution >= 4 is 47.0 Å². The molecule has 1 aliphatic rings. The fourth-order valence-corrected chi connectivity index (χ4v) is 6.83. The van der Waals surface area contributed by atoms with Crippen LogP contribution in [0.2, 0.25) is 0 Å². The molecule has 0 aliphatic carbocycles. The summed E-state index contributed by atoms with van der Waals surface area (Å²) in [6.07, 6.45) is 9.25. The predicted octanol–water partition coefficient (Wildman–Crippen LogP) is 5.64. The number of imide groups is 2. The lowest BCUT2D eigenvalue weighted by Gasteiger charge is -2.21. The maximum absolute atomic E-state index is 13.3. The number of aryl methyl sites for hydroxylation is 1. The Morgan fingerprint density at radius 1 is 0.860 bits per heavy atom. The zero-order valence-corrected chi connectivity index (χ0v) is 29.7. The monoisotopic (exact) mass is 712 g/mol. The molecule has 2 atom stereocenters. The van der Waals surface area contributed by atoms with E-state index in [0.29, 0.717) is 44.6 Å². The lowest BCUT2D eigenvalue weighted by molar-refractivity contribution is -0.138. The number of amides is 4. The number of nitrogens with one attached hydrogen (secondary N) is 1. The Kier molecular flexibility index (Phi) is 13.4. The third-order valence-electron chi connectivity index (χ3n) is 8.21. The highest BCUT2D eigenvalue weighted by atomic mass is 32.2. The third-order valence-corrected chi connectivity index (χ3v) is 10.1. The number of aromatic nitrogens is 2. The molecule has 5 rings (SSSR count). The van der Waals surface area contributed by atoms with Crippen molar-refractivity contribution in [1.29, 1.82) is 0 Å². The van der Waals surface area contributed by atoms with E-state index in [9.17, 15) is 19.2 Å². The van der Waals surface area contributed by atoms with Crippen LogP contribution in [0.1, 0.15) is 40.6 Å². The van der Waals surface area contributed by atoms with Crippen LogP contribution in [0.4, 0.5) is 4.79 Å². The van der Waals surface area contributed by atoms with Gasteiger partial charge in [0, 0.05) is 36.6 Å². The van der Waals surface area contributed by atoms with Crippen LogP contribution in [-0.2, 0) is 53.0 Å². The summed E-state index contributed by atoms with van der Waals surface area (Å²) in [5.41, 5.74) is 5.70. The third kappa shape index (κ3) is 10.7. The van der Waals surface area contributed by atoms with E-state index in [1.165, 1.54) is 22.2 Å². The lowest BCUT2D eigenvalue weighted by Crippen LogP contribution is -2.37. The van der Waals surface area contributed by atoms with Crippen LogP contribution in [0, 0.1) is 0 Å². The number of carbonyl (C=O) groups excluding carboxylic acids is 4. The predicted molar refractivity (Wildman–Crippen MR) is 195 cm³/mol. The summed E-state index contributed by atoms with van der Waals surface area (Å²) < 4.78 is 11.8. The van der Waals surface area contributed by atoms with Crippen molar-refractivity contribution in [3.05, 3.63) is 119 Å². The molecule has 3 heterocycles. The van der Waals surface area contributed by atoms with Crippen molar-refractivity contribution in [3.63, 3.8) is 0 Å². The average molecular weight is 713 g/mol. The summed E-state index contributed by atoms with van der Waals surface area (Å²) in [7, 11) is 0. The van der Waals surface area contributed by atoms with Crippen molar-refractivity contribution in [2.75, 3.05) is 19.5 Å². The molecule has 1 N–H and O–H groups in total. The Morgan fingerprint density at radius 3 is 1.90 bits per heavy atom. The topological polar surface area (TPSA) is 128 Å². The van der Waals surface area contributed by atoms with Gasteiger partial charge >= 0.3 is 0 Å². The molecule has 2 aromatic carbocycles. The first kappa shape index (κ1) is 36.6. The molecule has 260 valence electrons. The molecule has 1 fully saturated rings. The van der Waals surface area contributed by atoms with Gasteiger partial charge in [-0.3, -0.25) is 39.4 Å². The number of hydrogen-bond acceptors (Lipinski definition) is 10. The van der Waals surface area contributed by atoms with Gasteiger partial charge in [-0.1, -0.05) is 55.1 Å². The molecular weight excluding hydrogens is 673 g/mol. The second-order valence-corrected chi connectivity index (χ2v) is 14.0. The summed E-state index contributed by atoms with van der Waals surface area (Å²) in [5, 5.41) is 1.17. The number of benzene rings is 2. The van der Waals surface area contributed by atoms with E-state index < -0.39 is 10.5 Å². The van der Waals surface area contributed by atoms with E-state index in [0.717, 1.165) is 58.4 Å². The molecule has 2 unspecified atom stereocenters. The highest BCUT2D eigenvalue weighted by Crippen LogP contribution is 2.24. The van der Waals surface area contributed by atoms with Gasteiger partial charge in [0.15, 0.2) is 0 Å². The Bertz CT molecular complexity index is 1740. The largest absolute Gasteiger partial charge is 0.493 e. The number of ether oxygens (including phenoxy) is 2. The second kappa shape index (κ2) is 18.4. The van der Waals surface area contributed by atoms with E-state index >= 15 is 0 Å². The summed E-state index contributed by atoms with van der Waals surface area (Å²) in [4.78, 5) is 58.7. The number of thioether (sulfide) groups is 2. The minimum Gasteiger partial charge on any atom is -0.493 e. The van der Waals surface area contributed by atoms with Crippen molar-refractivity contribution in [2.45, 2.75) is 56.1 Å². The van der Waals surface area contributed by atoms with Gasteiger partial charge < -0.3 is 9.47 Å².